The smallest absolute Gasteiger partial charge is 0.374 e. The monoisotopic (exact) mass is 225 g/mol. The van der Waals surface area contributed by atoms with Gasteiger partial charge in [0, 0.05) is 25.2 Å². The fraction of sp³-hybridized carbons (Fsp3) is 0.545. The molecule has 0 aliphatic carbocycles. The summed E-state index contributed by atoms with van der Waals surface area (Å²) in [4.78, 5) is 13.4. The molecule has 1 fully saturated rings. The highest BCUT2D eigenvalue weighted by atomic mass is 16.5. The molecule has 1 N–H and O–H groups in total. The second-order valence-electron chi connectivity index (χ2n) is 3.94. The number of rotatable bonds is 3. The van der Waals surface area contributed by atoms with Crippen molar-refractivity contribution in [3.63, 3.8) is 0 Å². The predicted octanol–water partition coefficient (Wildman–Crippen LogP) is 0.633. The zero-order chi connectivity index (χ0) is 11.5. The molecule has 16 heavy (non-hydrogen) atoms. The second kappa shape index (κ2) is 4.67. The molecule has 0 radical (unpaired) electrons. The zero-order valence-corrected chi connectivity index (χ0v) is 9.18. The van der Waals surface area contributed by atoms with Gasteiger partial charge in [0.25, 0.3) is 0 Å². The van der Waals surface area contributed by atoms with Crippen molar-refractivity contribution in [3.05, 3.63) is 23.7 Å². The number of nitrogens with zero attached hydrogens (tertiary/aromatic N) is 1. The minimum atomic E-state index is -0.459. The third-order valence-electron chi connectivity index (χ3n) is 2.76. The Hall–Kier alpha value is -1.33. The molecule has 1 atom stereocenters. The van der Waals surface area contributed by atoms with Crippen LogP contribution in [-0.4, -0.2) is 42.3 Å². The van der Waals surface area contributed by atoms with E-state index in [2.05, 4.69) is 9.64 Å². The first kappa shape index (κ1) is 11.2. The maximum atomic E-state index is 11.3. The van der Waals surface area contributed by atoms with Crippen LogP contribution in [0.3, 0.4) is 0 Å². The highest BCUT2D eigenvalue weighted by Gasteiger charge is 2.23. The number of β-amino-alcohol motifs (C(OH)–C–C–N with tert-alkyl or cyclic N) is 1. The molecular weight excluding hydrogens is 210 g/mol. The number of aliphatic hydroxyl groups excluding tert-OH is 1. The number of hydrogen-bond acceptors (Lipinski definition) is 5. The van der Waals surface area contributed by atoms with E-state index in [1.165, 1.54) is 13.4 Å². The lowest BCUT2D eigenvalue weighted by Crippen LogP contribution is -2.22. The maximum Gasteiger partial charge on any atom is 0.374 e. The Morgan fingerprint density at radius 3 is 3.19 bits per heavy atom. The molecule has 0 amide bonds. The number of carbonyl (C=O) groups is 1. The van der Waals surface area contributed by atoms with Crippen molar-refractivity contribution in [1.82, 2.24) is 4.90 Å². The molecule has 1 aromatic rings. The quantitative estimate of drug-likeness (QED) is 0.764. The first-order chi connectivity index (χ1) is 7.70. The van der Waals surface area contributed by atoms with Crippen LogP contribution >= 0.6 is 0 Å². The Kier molecular flexibility index (Phi) is 3.26. The van der Waals surface area contributed by atoms with Crippen molar-refractivity contribution in [2.24, 2.45) is 0 Å². The van der Waals surface area contributed by atoms with Crippen molar-refractivity contribution in [2.75, 3.05) is 20.2 Å². The van der Waals surface area contributed by atoms with Gasteiger partial charge in [-0.05, 0) is 12.5 Å². The third kappa shape index (κ3) is 2.25. The number of furan rings is 1. The lowest BCUT2D eigenvalue weighted by Gasteiger charge is -2.13. The van der Waals surface area contributed by atoms with Gasteiger partial charge in [-0.25, -0.2) is 4.79 Å². The molecule has 1 aliphatic rings. The zero-order valence-electron chi connectivity index (χ0n) is 9.18. The number of likely N-dealkylation sites (tertiary alicyclic amines) is 1. The van der Waals surface area contributed by atoms with E-state index in [1.54, 1.807) is 6.07 Å². The molecule has 1 aliphatic heterocycles. The third-order valence-corrected chi connectivity index (χ3v) is 2.76. The topological polar surface area (TPSA) is 62.9 Å². The van der Waals surface area contributed by atoms with Gasteiger partial charge in [-0.3, -0.25) is 4.90 Å². The van der Waals surface area contributed by atoms with Crippen molar-refractivity contribution in [1.29, 1.82) is 0 Å². The van der Waals surface area contributed by atoms with Gasteiger partial charge in [0.1, 0.15) is 0 Å². The van der Waals surface area contributed by atoms with E-state index < -0.39 is 5.97 Å². The molecule has 0 spiro atoms. The number of hydrogen-bond donors (Lipinski definition) is 1. The van der Waals surface area contributed by atoms with Gasteiger partial charge in [-0.15, -0.1) is 0 Å². The molecule has 1 saturated heterocycles. The van der Waals surface area contributed by atoms with Crippen LogP contribution in [-0.2, 0) is 11.3 Å². The molecule has 1 aromatic heterocycles. The summed E-state index contributed by atoms with van der Waals surface area (Å²) in [6, 6.07) is 1.76. The van der Waals surface area contributed by atoms with Crippen LogP contribution in [0.4, 0.5) is 0 Å². The summed E-state index contributed by atoms with van der Waals surface area (Å²) in [5.74, 6) is -0.205. The van der Waals surface area contributed by atoms with E-state index in [4.69, 9.17) is 4.42 Å². The maximum absolute atomic E-state index is 11.3. The normalized spacial score (nSPS) is 21.2. The van der Waals surface area contributed by atoms with Crippen molar-refractivity contribution < 1.29 is 19.1 Å². The van der Waals surface area contributed by atoms with Crippen molar-refractivity contribution >= 4 is 5.97 Å². The lowest BCUT2D eigenvalue weighted by molar-refractivity contribution is 0.0562. The summed E-state index contributed by atoms with van der Waals surface area (Å²) in [5.41, 5.74) is 0.806. The molecule has 0 saturated carbocycles. The average molecular weight is 225 g/mol. The van der Waals surface area contributed by atoms with Crippen molar-refractivity contribution in [3.8, 4) is 0 Å². The Balaban J connectivity index is 2.04. The predicted molar refractivity (Wildman–Crippen MR) is 55.9 cm³/mol. The number of carbonyl (C=O) groups excluding carboxylic acids is 1. The highest BCUT2D eigenvalue weighted by molar-refractivity contribution is 5.87. The van der Waals surface area contributed by atoms with Gasteiger partial charge < -0.3 is 14.3 Å². The summed E-state index contributed by atoms with van der Waals surface area (Å²) >= 11 is 0. The van der Waals surface area contributed by atoms with Gasteiger partial charge in [-0.2, -0.15) is 0 Å². The second-order valence-corrected chi connectivity index (χ2v) is 3.94. The Bertz CT molecular complexity index is 374. The Morgan fingerprint density at radius 2 is 2.56 bits per heavy atom. The fourth-order valence-electron chi connectivity index (χ4n) is 1.93. The molecule has 2 rings (SSSR count). The van der Waals surface area contributed by atoms with Crippen LogP contribution in [0.25, 0.3) is 0 Å². The average Bonchev–Trinajstić information content (AvgIpc) is 2.87. The molecule has 0 bridgehead atoms. The molecule has 88 valence electrons. The number of aliphatic hydroxyl groups is 1. The Morgan fingerprint density at radius 1 is 1.75 bits per heavy atom. The van der Waals surface area contributed by atoms with E-state index in [1.807, 2.05) is 0 Å². The summed E-state index contributed by atoms with van der Waals surface area (Å²) in [7, 11) is 1.33. The van der Waals surface area contributed by atoms with E-state index in [0.717, 1.165) is 18.5 Å². The van der Waals surface area contributed by atoms with Gasteiger partial charge in [0.15, 0.2) is 0 Å². The molecule has 0 aromatic carbocycles. The molecule has 5 heteroatoms. The van der Waals surface area contributed by atoms with Crippen LogP contribution < -0.4 is 0 Å². The van der Waals surface area contributed by atoms with E-state index in [9.17, 15) is 9.90 Å². The first-order valence-corrected chi connectivity index (χ1v) is 5.26. The molecule has 2 heterocycles. The van der Waals surface area contributed by atoms with E-state index >= 15 is 0 Å². The standard InChI is InChI=1S/C11H15NO4/c1-15-11(14)10-8(3-5-16-10)6-12-4-2-9(13)7-12/h3,5,9,13H,2,4,6-7H2,1H3/t9-/m0/s1. The Labute approximate surface area is 93.6 Å². The van der Waals surface area contributed by atoms with Crippen LogP contribution in [0.2, 0.25) is 0 Å². The summed E-state index contributed by atoms with van der Waals surface area (Å²) in [5, 5.41) is 9.40. The fourth-order valence-corrected chi connectivity index (χ4v) is 1.93. The van der Waals surface area contributed by atoms with Gasteiger partial charge >= 0.3 is 5.97 Å². The summed E-state index contributed by atoms with van der Waals surface area (Å²) < 4.78 is 9.71. The number of methoxy groups -OCH3 is 1. The summed E-state index contributed by atoms with van der Waals surface area (Å²) in [6.45, 7) is 2.09. The molecular formula is C11H15NO4. The van der Waals surface area contributed by atoms with Gasteiger partial charge in [0.2, 0.25) is 5.76 Å². The van der Waals surface area contributed by atoms with Crippen molar-refractivity contribution in [2.45, 2.75) is 19.1 Å². The molecule has 0 unspecified atom stereocenters. The van der Waals surface area contributed by atoms with Crippen LogP contribution in [0, 0.1) is 0 Å². The molecule has 5 nitrogen and oxygen atoms in total. The minimum absolute atomic E-state index is 0.254. The number of ether oxygens (including phenoxy) is 1. The SMILES string of the molecule is COC(=O)c1occc1CN1CC[C@H](O)C1. The largest absolute Gasteiger partial charge is 0.463 e. The number of esters is 1. The lowest BCUT2D eigenvalue weighted by atomic mass is 10.2. The highest BCUT2D eigenvalue weighted by Crippen LogP contribution is 2.18. The van der Waals surface area contributed by atoms with E-state index in [0.29, 0.717) is 13.1 Å². The van der Waals surface area contributed by atoms with E-state index in [-0.39, 0.29) is 11.9 Å². The van der Waals surface area contributed by atoms with Gasteiger partial charge in [0.05, 0.1) is 19.5 Å². The first-order valence-electron chi connectivity index (χ1n) is 5.26. The minimum Gasteiger partial charge on any atom is -0.463 e. The van der Waals surface area contributed by atoms with Crippen LogP contribution in [0.15, 0.2) is 16.7 Å². The van der Waals surface area contributed by atoms with Crippen LogP contribution in [0.1, 0.15) is 22.5 Å². The summed E-state index contributed by atoms with van der Waals surface area (Å²) in [6.07, 6.45) is 2.01. The van der Waals surface area contributed by atoms with Crippen LogP contribution in [0.5, 0.6) is 0 Å². The van der Waals surface area contributed by atoms with Gasteiger partial charge in [-0.1, -0.05) is 0 Å².